The van der Waals surface area contributed by atoms with E-state index in [4.69, 9.17) is 9.47 Å². The number of esters is 2. The molecule has 1 aliphatic carbocycles. The third-order valence-corrected chi connectivity index (χ3v) is 4.64. The van der Waals surface area contributed by atoms with Gasteiger partial charge in [0.25, 0.3) is 5.69 Å². The molecule has 0 saturated heterocycles. The van der Waals surface area contributed by atoms with E-state index in [9.17, 15) is 29.6 Å². The number of ketones is 1. The Morgan fingerprint density at radius 1 is 1.27 bits per heavy atom. The van der Waals surface area contributed by atoms with Gasteiger partial charge in [-0.2, -0.15) is 0 Å². The van der Waals surface area contributed by atoms with Gasteiger partial charge in [0.1, 0.15) is 5.92 Å². The van der Waals surface area contributed by atoms with Crippen LogP contribution < -0.4 is 0 Å². The molecular formula is C17H19NO8. The van der Waals surface area contributed by atoms with E-state index >= 15 is 0 Å². The number of aliphatic hydroxyl groups is 1. The van der Waals surface area contributed by atoms with Gasteiger partial charge in [0.15, 0.2) is 5.78 Å². The predicted octanol–water partition coefficient (Wildman–Crippen LogP) is 0.981. The molecular weight excluding hydrogens is 346 g/mol. The number of benzene rings is 1. The Hall–Kier alpha value is -2.81. The molecule has 0 radical (unpaired) electrons. The van der Waals surface area contributed by atoms with Crippen LogP contribution in [0.4, 0.5) is 5.69 Å². The van der Waals surface area contributed by atoms with Crippen LogP contribution in [0, 0.1) is 22.0 Å². The average molecular weight is 365 g/mol. The summed E-state index contributed by atoms with van der Waals surface area (Å²) >= 11 is 0. The van der Waals surface area contributed by atoms with E-state index in [0.29, 0.717) is 0 Å². The van der Waals surface area contributed by atoms with Crippen LogP contribution in [0.3, 0.4) is 0 Å². The fourth-order valence-corrected chi connectivity index (χ4v) is 3.52. The average Bonchev–Trinajstić information content (AvgIpc) is 2.59. The minimum atomic E-state index is -1.79. The van der Waals surface area contributed by atoms with Crippen molar-refractivity contribution in [2.45, 2.75) is 24.9 Å². The second kappa shape index (κ2) is 7.20. The summed E-state index contributed by atoms with van der Waals surface area (Å²) in [6.45, 7) is 1.30. The van der Waals surface area contributed by atoms with Crippen molar-refractivity contribution in [3.8, 4) is 0 Å². The van der Waals surface area contributed by atoms with Gasteiger partial charge in [-0.05, 0) is 12.5 Å². The lowest BCUT2D eigenvalue weighted by Crippen LogP contribution is -2.55. The number of nitrogens with zero attached hydrogens (tertiary/aromatic N) is 1. The van der Waals surface area contributed by atoms with Crippen LogP contribution in [-0.4, -0.2) is 47.6 Å². The van der Waals surface area contributed by atoms with E-state index in [0.717, 1.165) is 14.2 Å². The standard InChI is InChI=1S/C17H19NO8/c1-17(22)8-11(19)13(15(20)25-2)12(14(17)16(21)26-3)9-5-4-6-10(7-9)18(23)24/h4-7,12-14,22H,8H2,1-3H3/t12-,13+,14-,17-/m1/s1. The van der Waals surface area contributed by atoms with Crippen molar-refractivity contribution < 1.29 is 33.9 Å². The third-order valence-electron chi connectivity index (χ3n) is 4.64. The molecule has 140 valence electrons. The molecule has 1 aromatic carbocycles. The van der Waals surface area contributed by atoms with Crippen LogP contribution in [-0.2, 0) is 23.9 Å². The van der Waals surface area contributed by atoms with E-state index < -0.39 is 52.4 Å². The van der Waals surface area contributed by atoms with Crippen LogP contribution in [0.5, 0.6) is 0 Å². The van der Waals surface area contributed by atoms with Gasteiger partial charge in [-0.1, -0.05) is 12.1 Å². The first-order valence-electron chi connectivity index (χ1n) is 7.79. The summed E-state index contributed by atoms with van der Waals surface area (Å²) in [5.41, 5.74) is -1.87. The molecule has 0 amide bonds. The summed E-state index contributed by atoms with van der Waals surface area (Å²) in [4.78, 5) is 47.6. The Kier molecular flexibility index (Phi) is 5.41. The van der Waals surface area contributed by atoms with Crippen molar-refractivity contribution in [3.63, 3.8) is 0 Å². The molecule has 1 aromatic rings. The molecule has 1 aliphatic rings. The molecule has 9 nitrogen and oxygen atoms in total. The topological polar surface area (TPSA) is 133 Å². The monoisotopic (exact) mass is 365 g/mol. The predicted molar refractivity (Wildman–Crippen MR) is 87.1 cm³/mol. The minimum Gasteiger partial charge on any atom is -0.469 e. The van der Waals surface area contributed by atoms with Gasteiger partial charge in [0.05, 0.1) is 30.7 Å². The Morgan fingerprint density at radius 2 is 1.88 bits per heavy atom. The SMILES string of the molecule is COC(=O)[C@H]1C(=O)C[C@@](C)(O)[C@@H](C(=O)OC)[C@@H]1c1cccc([N+](=O)[O-])c1. The zero-order valence-corrected chi connectivity index (χ0v) is 14.5. The van der Waals surface area contributed by atoms with Crippen molar-refractivity contribution in [2.24, 2.45) is 11.8 Å². The maximum Gasteiger partial charge on any atom is 0.316 e. The van der Waals surface area contributed by atoms with Crippen LogP contribution in [0.1, 0.15) is 24.8 Å². The molecule has 1 saturated carbocycles. The third kappa shape index (κ3) is 3.43. The number of nitro groups is 1. The van der Waals surface area contributed by atoms with Crippen molar-refractivity contribution in [1.82, 2.24) is 0 Å². The second-order valence-electron chi connectivity index (χ2n) is 6.38. The molecule has 0 unspecified atom stereocenters. The molecule has 0 heterocycles. The van der Waals surface area contributed by atoms with Crippen LogP contribution in [0.25, 0.3) is 0 Å². The van der Waals surface area contributed by atoms with Crippen LogP contribution in [0.2, 0.25) is 0 Å². The Labute approximate surface area is 149 Å². The van der Waals surface area contributed by atoms with E-state index in [1.807, 2.05) is 0 Å². The van der Waals surface area contributed by atoms with Crippen LogP contribution in [0.15, 0.2) is 24.3 Å². The van der Waals surface area contributed by atoms with Crippen LogP contribution >= 0.6 is 0 Å². The number of hydrogen-bond acceptors (Lipinski definition) is 8. The Balaban J connectivity index is 2.69. The van der Waals surface area contributed by atoms with Crippen molar-refractivity contribution in [1.29, 1.82) is 0 Å². The summed E-state index contributed by atoms with van der Waals surface area (Å²) in [6, 6.07) is 5.25. The van der Waals surface area contributed by atoms with E-state index in [1.54, 1.807) is 0 Å². The van der Waals surface area contributed by atoms with Gasteiger partial charge in [-0.3, -0.25) is 24.5 Å². The first kappa shape index (κ1) is 19.5. The first-order valence-corrected chi connectivity index (χ1v) is 7.79. The molecule has 26 heavy (non-hydrogen) atoms. The van der Waals surface area contributed by atoms with Gasteiger partial charge in [0.2, 0.25) is 0 Å². The number of carbonyl (C=O) groups is 3. The number of carbonyl (C=O) groups excluding carboxylic acids is 3. The molecule has 0 aromatic heterocycles. The highest BCUT2D eigenvalue weighted by molar-refractivity contribution is 6.02. The molecule has 0 spiro atoms. The number of methoxy groups -OCH3 is 2. The largest absolute Gasteiger partial charge is 0.469 e. The maximum atomic E-state index is 12.5. The number of hydrogen-bond donors (Lipinski definition) is 1. The fraction of sp³-hybridized carbons (Fsp3) is 0.471. The van der Waals surface area contributed by atoms with E-state index in [1.165, 1.54) is 31.2 Å². The van der Waals surface area contributed by atoms with E-state index in [2.05, 4.69) is 0 Å². The van der Waals surface area contributed by atoms with Crippen molar-refractivity contribution in [3.05, 3.63) is 39.9 Å². The number of ether oxygens (including phenoxy) is 2. The molecule has 4 atom stereocenters. The van der Waals surface area contributed by atoms with Gasteiger partial charge >= 0.3 is 11.9 Å². The number of Topliss-reactive ketones (excluding diaryl/α,β-unsaturated/α-hetero) is 1. The molecule has 0 bridgehead atoms. The number of non-ortho nitro benzene ring substituents is 1. The van der Waals surface area contributed by atoms with Gasteiger partial charge in [0, 0.05) is 24.5 Å². The molecule has 1 fully saturated rings. The highest BCUT2D eigenvalue weighted by atomic mass is 16.6. The van der Waals surface area contributed by atoms with Gasteiger partial charge < -0.3 is 14.6 Å². The zero-order chi connectivity index (χ0) is 19.6. The zero-order valence-electron chi connectivity index (χ0n) is 14.5. The summed E-state index contributed by atoms with van der Waals surface area (Å²) in [7, 11) is 2.21. The normalized spacial score (nSPS) is 28.3. The molecule has 9 heteroatoms. The van der Waals surface area contributed by atoms with Gasteiger partial charge in [-0.25, -0.2) is 0 Å². The van der Waals surface area contributed by atoms with Gasteiger partial charge in [-0.15, -0.1) is 0 Å². The minimum absolute atomic E-state index is 0.193. The number of nitro benzene ring substituents is 1. The quantitative estimate of drug-likeness (QED) is 0.361. The fourth-order valence-electron chi connectivity index (χ4n) is 3.52. The lowest BCUT2D eigenvalue weighted by Gasteiger charge is -2.43. The lowest BCUT2D eigenvalue weighted by molar-refractivity contribution is -0.385. The maximum absolute atomic E-state index is 12.5. The highest BCUT2D eigenvalue weighted by Gasteiger charge is 2.57. The lowest BCUT2D eigenvalue weighted by atomic mass is 9.61. The summed E-state index contributed by atoms with van der Waals surface area (Å²) < 4.78 is 9.45. The summed E-state index contributed by atoms with van der Waals surface area (Å²) in [5, 5.41) is 21.8. The summed E-state index contributed by atoms with van der Waals surface area (Å²) in [6.07, 6.45) is -0.446. The van der Waals surface area contributed by atoms with Crippen molar-refractivity contribution in [2.75, 3.05) is 14.2 Å². The molecule has 0 aliphatic heterocycles. The van der Waals surface area contributed by atoms with E-state index in [-0.39, 0.29) is 11.3 Å². The summed E-state index contributed by atoms with van der Waals surface area (Å²) in [5.74, 6) is -6.14. The Morgan fingerprint density at radius 3 is 2.42 bits per heavy atom. The molecule has 2 rings (SSSR count). The smallest absolute Gasteiger partial charge is 0.316 e. The Bertz CT molecular complexity index is 757. The molecule has 1 N–H and O–H groups in total. The highest BCUT2D eigenvalue weighted by Crippen LogP contribution is 2.47. The number of rotatable bonds is 4. The second-order valence-corrected chi connectivity index (χ2v) is 6.38. The first-order chi connectivity index (χ1) is 12.1. The van der Waals surface area contributed by atoms with Crippen molar-refractivity contribution >= 4 is 23.4 Å².